The molecule has 1 aliphatic heterocycles. The highest BCUT2D eigenvalue weighted by Gasteiger charge is 2.28. The van der Waals surface area contributed by atoms with Crippen LogP contribution in [0.1, 0.15) is 15.9 Å². The molecule has 3 rings (SSSR count). The third-order valence-electron chi connectivity index (χ3n) is 4.20. The first-order chi connectivity index (χ1) is 14.1. The highest BCUT2D eigenvalue weighted by Crippen LogP contribution is 2.20. The first kappa shape index (κ1) is 20.8. The number of anilines is 1. The van der Waals surface area contributed by atoms with Gasteiger partial charge in [-0.3, -0.25) is 14.4 Å². The SMILES string of the molecule is CONC(=O)c1ccc(Cl)c(COc2cnc(NC3COCC3NC=O)nc2)c1. The van der Waals surface area contributed by atoms with E-state index in [-0.39, 0.29) is 24.6 Å². The number of benzene rings is 1. The van der Waals surface area contributed by atoms with Crippen molar-refractivity contribution in [3.8, 4) is 5.75 Å². The summed E-state index contributed by atoms with van der Waals surface area (Å²) in [4.78, 5) is 35.5. The summed E-state index contributed by atoms with van der Waals surface area (Å²) in [5.74, 6) is 0.438. The number of carbonyl (C=O) groups is 2. The van der Waals surface area contributed by atoms with E-state index >= 15 is 0 Å². The fourth-order valence-corrected chi connectivity index (χ4v) is 2.89. The van der Waals surface area contributed by atoms with Crippen molar-refractivity contribution in [1.82, 2.24) is 20.8 Å². The minimum Gasteiger partial charge on any atom is -0.486 e. The molecular formula is C18H20ClN5O5. The van der Waals surface area contributed by atoms with Gasteiger partial charge in [-0.15, -0.1) is 0 Å². The molecule has 0 saturated carbocycles. The fraction of sp³-hybridized carbons (Fsp3) is 0.333. The molecule has 0 spiro atoms. The van der Waals surface area contributed by atoms with Crippen molar-refractivity contribution in [2.45, 2.75) is 18.7 Å². The first-order valence-electron chi connectivity index (χ1n) is 8.71. The molecule has 29 heavy (non-hydrogen) atoms. The molecule has 2 unspecified atom stereocenters. The van der Waals surface area contributed by atoms with Crippen LogP contribution in [0.3, 0.4) is 0 Å². The molecule has 1 saturated heterocycles. The number of aromatic nitrogens is 2. The molecule has 154 valence electrons. The van der Waals surface area contributed by atoms with Crippen molar-refractivity contribution < 1.29 is 23.9 Å². The van der Waals surface area contributed by atoms with Gasteiger partial charge in [-0.25, -0.2) is 15.4 Å². The van der Waals surface area contributed by atoms with Crippen molar-refractivity contribution >= 4 is 29.9 Å². The summed E-state index contributed by atoms with van der Waals surface area (Å²) in [5, 5.41) is 6.28. The molecule has 2 aromatic rings. The largest absolute Gasteiger partial charge is 0.486 e. The van der Waals surface area contributed by atoms with Gasteiger partial charge in [-0.2, -0.15) is 0 Å². The van der Waals surface area contributed by atoms with Crippen LogP contribution in [0.4, 0.5) is 5.95 Å². The number of hydroxylamine groups is 1. The standard InChI is InChI=1S/C18H20ClN5O5/c1-27-24-17(26)11-2-3-14(19)12(4-11)7-29-13-5-20-18(21-6-13)23-16-9-28-8-15(16)22-10-25/h2-6,10,15-16H,7-9H2,1H3,(H,22,25)(H,24,26)(H,20,21,23). The van der Waals surface area contributed by atoms with Crippen LogP contribution in [0, 0.1) is 0 Å². The van der Waals surface area contributed by atoms with E-state index < -0.39 is 0 Å². The average Bonchev–Trinajstić information content (AvgIpc) is 3.15. The van der Waals surface area contributed by atoms with Crippen LogP contribution in [0.2, 0.25) is 5.02 Å². The van der Waals surface area contributed by atoms with Crippen LogP contribution in [0.25, 0.3) is 0 Å². The Morgan fingerprint density at radius 1 is 1.31 bits per heavy atom. The highest BCUT2D eigenvalue weighted by molar-refractivity contribution is 6.31. The number of ether oxygens (including phenoxy) is 2. The number of hydrogen-bond donors (Lipinski definition) is 3. The summed E-state index contributed by atoms with van der Waals surface area (Å²) in [5.41, 5.74) is 3.27. The Morgan fingerprint density at radius 3 is 2.79 bits per heavy atom. The van der Waals surface area contributed by atoms with Gasteiger partial charge in [0.25, 0.3) is 5.91 Å². The normalized spacial score (nSPS) is 18.1. The van der Waals surface area contributed by atoms with Crippen molar-refractivity contribution in [1.29, 1.82) is 0 Å². The summed E-state index contributed by atoms with van der Waals surface area (Å²) >= 11 is 6.18. The Morgan fingerprint density at radius 2 is 2.07 bits per heavy atom. The average molecular weight is 422 g/mol. The Hall–Kier alpha value is -2.95. The number of halogens is 1. The van der Waals surface area contributed by atoms with Crippen molar-refractivity contribution in [3.05, 3.63) is 46.7 Å². The summed E-state index contributed by atoms with van der Waals surface area (Å²) < 4.78 is 11.0. The molecule has 1 aromatic heterocycles. The minimum absolute atomic E-state index is 0.119. The molecule has 1 aromatic carbocycles. The number of hydrogen-bond acceptors (Lipinski definition) is 8. The molecule has 3 N–H and O–H groups in total. The van der Waals surface area contributed by atoms with Gasteiger partial charge in [0.1, 0.15) is 6.61 Å². The molecule has 1 aliphatic rings. The second kappa shape index (κ2) is 10.0. The number of nitrogens with one attached hydrogen (secondary N) is 3. The topological polar surface area (TPSA) is 124 Å². The second-order valence-corrected chi connectivity index (χ2v) is 6.56. The predicted octanol–water partition coefficient (Wildman–Crippen LogP) is 0.925. The van der Waals surface area contributed by atoms with E-state index in [9.17, 15) is 9.59 Å². The lowest BCUT2D eigenvalue weighted by Gasteiger charge is -2.18. The molecule has 11 heteroatoms. The van der Waals surface area contributed by atoms with E-state index in [4.69, 9.17) is 21.1 Å². The summed E-state index contributed by atoms with van der Waals surface area (Å²) in [7, 11) is 1.36. The van der Waals surface area contributed by atoms with Gasteiger partial charge in [-0.05, 0) is 18.2 Å². The number of amides is 2. The Balaban J connectivity index is 1.58. The fourth-order valence-electron chi connectivity index (χ4n) is 2.72. The molecule has 2 atom stereocenters. The van der Waals surface area contributed by atoms with Gasteiger partial charge < -0.3 is 20.1 Å². The monoisotopic (exact) mass is 421 g/mol. The molecular weight excluding hydrogens is 402 g/mol. The summed E-state index contributed by atoms with van der Waals surface area (Å²) in [6.07, 6.45) is 3.68. The predicted molar refractivity (Wildman–Crippen MR) is 104 cm³/mol. The maximum absolute atomic E-state index is 11.8. The molecule has 10 nitrogen and oxygen atoms in total. The quantitative estimate of drug-likeness (QED) is 0.403. The van der Waals surface area contributed by atoms with E-state index in [1.54, 1.807) is 18.2 Å². The van der Waals surface area contributed by atoms with Crippen molar-refractivity contribution in [2.75, 3.05) is 25.6 Å². The third kappa shape index (κ3) is 5.53. The zero-order valence-electron chi connectivity index (χ0n) is 15.6. The van der Waals surface area contributed by atoms with E-state index in [1.165, 1.54) is 19.5 Å². The van der Waals surface area contributed by atoms with Crippen LogP contribution in [0.5, 0.6) is 5.75 Å². The van der Waals surface area contributed by atoms with Gasteiger partial charge >= 0.3 is 0 Å². The van der Waals surface area contributed by atoms with E-state index in [0.29, 0.717) is 47.5 Å². The van der Waals surface area contributed by atoms with Gasteiger partial charge in [0, 0.05) is 16.1 Å². The lowest BCUT2D eigenvalue weighted by Crippen LogP contribution is -2.42. The van der Waals surface area contributed by atoms with Crippen LogP contribution in [-0.4, -0.2) is 54.7 Å². The third-order valence-corrected chi connectivity index (χ3v) is 4.57. The van der Waals surface area contributed by atoms with E-state index in [2.05, 4.69) is 30.9 Å². The number of carbonyl (C=O) groups excluding carboxylic acids is 2. The summed E-state index contributed by atoms with van der Waals surface area (Å²) in [6, 6.07) is 4.56. The smallest absolute Gasteiger partial charge is 0.274 e. The molecule has 2 heterocycles. The van der Waals surface area contributed by atoms with Crippen LogP contribution in [0.15, 0.2) is 30.6 Å². The van der Waals surface area contributed by atoms with E-state index in [0.717, 1.165) is 0 Å². The highest BCUT2D eigenvalue weighted by atomic mass is 35.5. The van der Waals surface area contributed by atoms with Gasteiger partial charge in [0.2, 0.25) is 12.4 Å². The maximum Gasteiger partial charge on any atom is 0.274 e. The minimum atomic E-state index is -0.387. The maximum atomic E-state index is 11.8. The number of rotatable bonds is 9. The van der Waals surface area contributed by atoms with Crippen LogP contribution in [-0.2, 0) is 21.0 Å². The van der Waals surface area contributed by atoms with Gasteiger partial charge in [0.05, 0.1) is 44.8 Å². The first-order valence-corrected chi connectivity index (χ1v) is 9.09. The van der Waals surface area contributed by atoms with E-state index in [1.807, 2.05) is 0 Å². The summed E-state index contributed by atoms with van der Waals surface area (Å²) in [6.45, 7) is 1.00. The van der Waals surface area contributed by atoms with Crippen LogP contribution < -0.4 is 20.9 Å². The molecule has 2 amide bonds. The Bertz CT molecular complexity index is 851. The molecule has 0 aliphatic carbocycles. The molecule has 1 fully saturated rings. The van der Waals surface area contributed by atoms with Gasteiger partial charge in [-0.1, -0.05) is 11.6 Å². The van der Waals surface area contributed by atoms with Crippen molar-refractivity contribution in [3.63, 3.8) is 0 Å². The Labute approximate surface area is 171 Å². The van der Waals surface area contributed by atoms with Gasteiger partial charge in [0.15, 0.2) is 5.75 Å². The van der Waals surface area contributed by atoms with Crippen LogP contribution >= 0.6 is 11.6 Å². The second-order valence-electron chi connectivity index (χ2n) is 6.15. The lowest BCUT2D eigenvalue weighted by molar-refractivity contribution is -0.110. The zero-order valence-corrected chi connectivity index (χ0v) is 16.3. The molecule has 0 bridgehead atoms. The van der Waals surface area contributed by atoms with Crippen molar-refractivity contribution in [2.24, 2.45) is 0 Å². The lowest BCUT2D eigenvalue weighted by atomic mass is 10.1. The zero-order chi connectivity index (χ0) is 20.6. The Kier molecular flexibility index (Phi) is 7.17. The molecule has 0 radical (unpaired) electrons. The number of nitrogens with zero attached hydrogens (tertiary/aromatic N) is 2.